The van der Waals surface area contributed by atoms with Crippen molar-refractivity contribution in [2.24, 2.45) is 5.92 Å². The highest BCUT2D eigenvalue weighted by atomic mass is 16.2. The maximum Gasteiger partial charge on any atom is 0.174 e. The SMILES string of the molecule is CC1C(=O)c2ccccc2C1=O. The van der Waals surface area contributed by atoms with Gasteiger partial charge in [0.15, 0.2) is 11.6 Å². The summed E-state index contributed by atoms with van der Waals surface area (Å²) in [6, 6.07) is 6.97. The number of ketones is 2. The summed E-state index contributed by atoms with van der Waals surface area (Å²) in [5.74, 6) is -0.561. The van der Waals surface area contributed by atoms with E-state index in [1.807, 2.05) is 0 Å². The minimum Gasteiger partial charge on any atom is -0.293 e. The van der Waals surface area contributed by atoms with Gasteiger partial charge in [0.05, 0.1) is 5.92 Å². The zero-order valence-electron chi connectivity index (χ0n) is 6.70. The lowest BCUT2D eigenvalue weighted by atomic mass is 10.1. The molecule has 0 saturated carbocycles. The van der Waals surface area contributed by atoms with Crippen molar-refractivity contribution in [1.82, 2.24) is 0 Å². The van der Waals surface area contributed by atoms with Crippen LogP contribution in [-0.2, 0) is 0 Å². The topological polar surface area (TPSA) is 34.1 Å². The van der Waals surface area contributed by atoms with E-state index in [1.54, 1.807) is 31.2 Å². The molecule has 2 heteroatoms. The molecule has 1 aliphatic carbocycles. The Labute approximate surface area is 70.2 Å². The number of benzene rings is 1. The van der Waals surface area contributed by atoms with Crippen LogP contribution in [0.5, 0.6) is 0 Å². The lowest BCUT2D eigenvalue weighted by Crippen LogP contribution is -2.09. The molecule has 60 valence electrons. The number of fused-ring (bicyclic) bond motifs is 1. The van der Waals surface area contributed by atoms with Gasteiger partial charge in [0.25, 0.3) is 0 Å². The second kappa shape index (κ2) is 2.27. The molecule has 1 aromatic carbocycles. The molecule has 0 aliphatic heterocycles. The van der Waals surface area contributed by atoms with E-state index in [2.05, 4.69) is 0 Å². The molecule has 0 saturated heterocycles. The van der Waals surface area contributed by atoms with Gasteiger partial charge < -0.3 is 0 Å². The van der Waals surface area contributed by atoms with Crippen LogP contribution >= 0.6 is 0 Å². The van der Waals surface area contributed by atoms with Gasteiger partial charge >= 0.3 is 0 Å². The Bertz CT molecular complexity index is 331. The number of Topliss-reactive ketones (excluding diaryl/α,β-unsaturated/α-hetero) is 2. The molecule has 0 amide bonds. The van der Waals surface area contributed by atoms with Crippen molar-refractivity contribution < 1.29 is 9.59 Å². The maximum atomic E-state index is 11.4. The van der Waals surface area contributed by atoms with Crippen LogP contribution in [0.4, 0.5) is 0 Å². The van der Waals surface area contributed by atoms with Crippen LogP contribution in [0.25, 0.3) is 0 Å². The summed E-state index contributed by atoms with van der Waals surface area (Å²) in [5.41, 5.74) is 1.16. The third-order valence-corrected chi connectivity index (χ3v) is 2.24. The van der Waals surface area contributed by atoms with Gasteiger partial charge in [-0.1, -0.05) is 24.3 Å². The largest absolute Gasteiger partial charge is 0.293 e. The third kappa shape index (κ3) is 0.749. The van der Waals surface area contributed by atoms with E-state index in [0.29, 0.717) is 11.1 Å². The quantitative estimate of drug-likeness (QED) is 0.541. The number of hydrogen-bond donors (Lipinski definition) is 0. The van der Waals surface area contributed by atoms with Gasteiger partial charge in [-0.2, -0.15) is 0 Å². The van der Waals surface area contributed by atoms with Crippen molar-refractivity contribution in [2.75, 3.05) is 0 Å². The lowest BCUT2D eigenvalue weighted by Gasteiger charge is -1.92. The van der Waals surface area contributed by atoms with Crippen molar-refractivity contribution >= 4 is 11.6 Å². The molecule has 1 aliphatic rings. The van der Waals surface area contributed by atoms with Crippen molar-refractivity contribution in [1.29, 1.82) is 0 Å². The van der Waals surface area contributed by atoms with Crippen LogP contribution in [-0.4, -0.2) is 11.6 Å². The predicted molar refractivity (Wildman–Crippen MR) is 44.3 cm³/mol. The molecule has 0 atom stereocenters. The first kappa shape index (κ1) is 7.22. The Morgan fingerprint density at radius 1 is 1.00 bits per heavy atom. The first-order valence-electron chi connectivity index (χ1n) is 3.89. The molecule has 0 aromatic heterocycles. The first-order valence-corrected chi connectivity index (χ1v) is 3.89. The average Bonchev–Trinajstić information content (AvgIpc) is 2.33. The molecule has 0 spiro atoms. The second-order valence-electron chi connectivity index (χ2n) is 3.00. The van der Waals surface area contributed by atoms with Gasteiger partial charge in [-0.15, -0.1) is 0 Å². The summed E-state index contributed by atoms with van der Waals surface area (Å²) in [7, 11) is 0. The Balaban J connectivity index is 2.67. The Hall–Kier alpha value is -1.44. The molecular weight excluding hydrogens is 152 g/mol. The minimum atomic E-state index is -0.470. The molecule has 0 heterocycles. The monoisotopic (exact) mass is 160 g/mol. The van der Waals surface area contributed by atoms with E-state index in [1.165, 1.54) is 0 Å². The molecule has 0 radical (unpaired) electrons. The van der Waals surface area contributed by atoms with Crippen LogP contribution in [0.3, 0.4) is 0 Å². The van der Waals surface area contributed by atoms with Gasteiger partial charge in [-0.3, -0.25) is 9.59 Å². The standard InChI is InChI=1S/C10H8O2/c1-6-9(11)7-4-2-3-5-8(7)10(6)12/h2-6H,1H3. The highest BCUT2D eigenvalue weighted by molar-refractivity contribution is 6.26. The summed E-state index contributed by atoms with van der Waals surface area (Å²) in [6.45, 7) is 1.66. The summed E-state index contributed by atoms with van der Waals surface area (Å²) >= 11 is 0. The average molecular weight is 160 g/mol. The van der Waals surface area contributed by atoms with Gasteiger partial charge in [-0.05, 0) is 6.92 Å². The fourth-order valence-electron chi connectivity index (χ4n) is 1.50. The smallest absolute Gasteiger partial charge is 0.174 e. The van der Waals surface area contributed by atoms with Crippen LogP contribution in [0.15, 0.2) is 24.3 Å². The van der Waals surface area contributed by atoms with Crippen LogP contribution in [0.2, 0.25) is 0 Å². The maximum absolute atomic E-state index is 11.4. The Morgan fingerprint density at radius 3 is 1.83 bits per heavy atom. The molecule has 2 nitrogen and oxygen atoms in total. The molecule has 0 unspecified atom stereocenters. The minimum absolute atomic E-state index is 0.0457. The van der Waals surface area contributed by atoms with Crippen molar-refractivity contribution in [2.45, 2.75) is 6.92 Å². The molecule has 12 heavy (non-hydrogen) atoms. The van der Waals surface area contributed by atoms with Crippen LogP contribution < -0.4 is 0 Å². The van der Waals surface area contributed by atoms with Crippen molar-refractivity contribution in [3.05, 3.63) is 35.4 Å². The Morgan fingerprint density at radius 2 is 1.42 bits per heavy atom. The highest BCUT2D eigenvalue weighted by Crippen LogP contribution is 2.25. The van der Waals surface area contributed by atoms with E-state index in [-0.39, 0.29) is 11.6 Å². The van der Waals surface area contributed by atoms with Crippen molar-refractivity contribution in [3.8, 4) is 0 Å². The van der Waals surface area contributed by atoms with E-state index < -0.39 is 5.92 Å². The zero-order valence-corrected chi connectivity index (χ0v) is 6.70. The predicted octanol–water partition coefficient (Wildman–Crippen LogP) is 1.70. The molecule has 0 fully saturated rings. The molecule has 1 aromatic rings. The summed E-state index contributed by atoms with van der Waals surface area (Å²) in [5, 5.41) is 0. The molecular formula is C10H8O2. The molecule has 0 bridgehead atoms. The highest BCUT2D eigenvalue weighted by Gasteiger charge is 2.34. The summed E-state index contributed by atoms with van der Waals surface area (Å²) in [6.07, 6.45) is 0. The first-order chi connectivity index (χ1) is 5.72. The van der Waals surface area contributed by atoms with Gasteiger partial charge in [0, 0.05) is 11.1 Å². The number of carbonyl (C=O) groups is 2. The molecule has 0 N–H and O–H groups in total. The van der Waals surface area contributed by atoms with Crippen LogP contribution in [0, 0.1) is 5.92 Å². The van der Waals surface area contributed by atoms with Crippen molar-refractivity contribution in [3.63, 3.8) is 0 Å². The van der Waals surface area contributed by atoms with Gasteiger partial charge in [0.1, 0.15) is 0 Å². The lowest BCUT2D eigenvalue weighted by molar-refractivity contribution is 0.0852. The van der Waals surface area contributed by atoms with E-state index in [0.717, 1.165) is 0 Å². The fraction of sp³-hybridized carbons (Fsp3) is 0.200. The Kier molecular flexibility index (Phi) is 1.37. The normalized spacial score (nSPS) is 16.8. The number of carbonyl (C=O) groups excluding carboxylic acids is 2. The number of rotatable bonds is 0. The van der Waals surface area contributed by atoms with Gasteiger partial charge in [0.2, 0.25) is 0 Å². The fourth-order valence-corrected chi connectivity index (χ4v) is 1.50. The van der Waals surface area contributed by atoms with E-state index in [9.17, 15) is 9.59 Å². The van der Waals surface area contributed by atoms with E-state index >= 15 is 0 Å². The van der Waals surface area contributed by atoms with E-state index in [4.69, 9.17) is 0 Å². The third-order valence-electron chi connectivity index (χ3n) is 2.24. The number of hydrogen-bond acceptors (Lipinski definition) is 2. The van der Waals surface area contributed by atoms with Gasteiger partial charge in [-0.25, -0.2) is 0 Å². The van der Waals surface area contributed by atoms with Crippen LogP contribution in [0.1, 0.15) is 27.6 Å². The summed E-state index contributed by atoms with van der Waals surface area (Å²) < 4.78 is 0. The zero-order chi connectivity index (χ0) is 8.72. The molecule has 2 rings (SSSR count). The summed E-state index contributed by atoms with van der Waals surface area (Å²) in [4.78, 5) is 22.8. The second-order valence-corrected chi connectivity index (χ2v) is 3.00.